The molecule has 0 aromatic rings. The van der Waals surface area contributed by atoms with Crippen LogP contribution in [0.2, 0.25) is 0 Å². The second kappa shape index (κ2) is 5.93. The first-order valence-electron chi connectivity index (χ1n) is 3.94. The van der Waals surface area contributed by atoms with Crippen LogP contribution in [0.4, 0.5) is 0 Å². The van der Waals surface area contributed by atoms with Crippen LogP contribution in [0.5, 0.6) is 0 Å². The number of amides is 1. The van der Waals surface area contributed by atoms with Crippen LogP contribution < -0.4 is 11.1 Å². The number of aliphatic hydroxyl groups excluding tert-OH is 2. The van der Waals surface area contributed by atoms with E-state index in [9.17, 15) is 4.79 Å². The first kappa shape index (κ1) is 11.4. The molecule has 0 saturated carbocycles. The molecule has 5 nitrogen and oxygen atoms in total. The first-order chi connectivity index (χ1) is 5.61. The van der Waals surface area contributed by atoms with Gasteiger partial charge in [-0.05, 0) is 6.42 Å². The molecular formula is C7H16N2O3. The molecule has 12 heavy (non-hydrogen) atoms. The van der Waals surface area contributed by atoms with E-state index in [2.05, 4.69) is 5.32 Å². The van der Waals surface area contributed by atoms with Gasteiger partial charge >= 0.3 is 0 Å². The van der Waals surface area contributed by atoms with Crippen LogP contribution in [-0.4, -0.2) is 41.4 Å². The molecule has 0 saturated heterocycles. The van der Waals surface area contributed by atoms with E-state index in [4.69, 9.17) is 15.9 Å². The van der Waals surface area contributed by atoms with Crippen molar-refractivity contribution in [2.75, 3.05) is 13.2 Å². The van der Waals surface area contributed by atoms with Gasteiger partial charge in [-0.15, -0.1) is 0 Å². The molecule has 72 valence electrons. The topological polar surface area (TPSA) is 95.6 Å². The molecule has 0 aliphatic heterocycles. The lowest BCUT2D eigenvalue weighted by atomic mass is 10.2. The lowest BCUT2D eigenvalue weighted by Gasteiger charge is -2.12. The Balaban J connectivity index is 3.56. The predicted octanol–water partition coefficient (Wildman–Crippen LogP) is -1.81. The van der Waals surface area contributed by atoms with Gasteiger partial charge in [-0.25, -0.2) is 0 Å². The summed E-state index contributed by atoms with van der Waals surface area (Å²) in [5.74, 6) is -0.301. The zero-order chi connectivity index (χ0) is 9.56. The zero-order valence-corrected chi connectivity index (χ0v) is 7.16. The maximum Gasteiger partial charge on any atom is 0.236 e. The van der Waals surface area contributed by atoms with E-state index in [0.717, 1.165) is 0 Å². The standard InChI is InChI=1S/C7H16N2O3/c1-2-6(8)7(12)9-3-5(11)4-10/h5-6,10-11H,2-4,8H2,1H3,(H,9,12)/t5?,6-/m0/s1. The highest BCUT2D eigenvalue weighted by Crippen LogP contribution is 1.85. The second-order valence-corrected chi connectivity index (χ2v) is 2.60. The number of hydrogen-bond acceptors (Lipinski definition) is 4. The van der Waals surface area contributed by atoms with E-state index in [1.807, 2.05) is 0 Å². The summed E-state index contributed by atoms with van der Waals surface area (Å²) in [6.45, 7) is 1.48. The molecule has 1 unspecified atom stereocenters. The molecule has 5 N–H and O–H groups in total. The fourth-order valence-corrected chi connectivity index (χ4v) is 0.599. The number of carbonyl (C=O) groups is 1. The van der Waals surface area contributed by atoms with Crippen molar-refractivity contribution in [2.45, 2.75) is 25.5 Å². The van der Waals surface area contributed by atoms with Crippen LogP contribution in [0.25, 0.3) is 0 Å². The van der Waals surface area contributed by atoms with Crippen LogP contribution in [0.3, 0.4) is 0 Å². The van der Waals surface area contributed by atoms with Crippen LogP contribution in [0, 0.1) is 0 Å². The third-order valence-electron chi connectivity index (χ3n) is 1.50. The summed E-state index contributed by atoms with van der Waals surface area (Å²) in [5, 5.41) is 19.7. The number of hydrogen-bond donors (Lipinski definition) is 4. The van der Waals surface area contributed by atoms with E-state index >= 15 is 0 Å². The van der Waals surface area contributed by atoms with Crippen molar-refractivity contribution >= 4 is 5.91 Å². The molecule has 1 amide bonds. The lowest BCUT2D eigenvalue weighted by molar-refractivity contribution is -0.122. The Hall–Kier alpha value is -0.650. The molecular weight excluding hydrogens is 160 g/mol. The third-order valence-corrected chi connectivity index (χ3v) is 1.50. The molecule has 0 aromatic carbocycles. The minimum atomic E-state index is -0.905. The highest BCUT2D eigenvalue weighted by atomic mass is 16.3. The first-order valence-corrected chi connectivity index (χ1v) is 3.94. The van der Waals surface area contributed by atoms with Gasteiger partial charge in [0.2, 0.25) is 5.91 Å². The molecule has 0 aliphatic carbocycles. The lowest BCUT2D eigenvalue weighted by Crippen LogP contribution is -2.43. The molecule has 0 aliphatic rings. The Labute approximate surface area is 71.6 Å². The summed E-state index contributed by atoms with van der Waals surface area (Å²) >= 11 is 0. The second-order valence-electron chi connectivity index (χ2n) is 2.60. The Morgan fingerprint density at radius 1 is 1.67 bits per heavy atom. The highest BCUT2D eigenvalue weighted by molar-refractivity contribution is 5.81. The van der Waals surface area contributed by atoms with Crippen molar-refractivity contribution in [3.63, 3.8) is 0 Å². The van der Waals surface area contributed by atoms with E-state index in [-0.39, 0.29) is 19.1 Å². The van der Waals surface area contributed by atoms with E-state index in [1.165, 1.54) is 0 Å². The SMILES string of the molecule is CC[C@H](N)C(=O)NCC(O)CO. The van der Waals surface area contributed by atoms with Crippen LogP contribution >= 0.6 is 0 Å². The van der Waals surface area contributed by atoms with Gasteiger partial charge in [-0.2, -0.15) is 0 Å². The fraction of sp³-hybridized carbons (Fsp3) is 0.857. The number of aliphatic hydroxyl groups is 2. The summed E-state index contributed by atoms with van der Waals surface area (Å²) in [7, 11) is 0. The van der Waals surface area contributed by atoms with Gasteiger partial charge in [0.05, 0.1) is 18.8 Å². The summed E-state index contributed by atoms with van der Waals surface area (Å²) in [6.07, 6.45) is -0.348. The van der Waals surface area contributed by atoms with Gasteiger partial charge in [0.25, 0.3) is 0 Å². The van der Waals surface area contributed by atoms with Crippen molar-refractivity contribution in [1.29, 1.82) is 0 Å². The van der Waals surface area contributed by atoms with Crippen molar-refractivity contribution in [3.8, 4) is 0 Å². The van der Waals surface area contributed by atoms with Crippen LogP contribution in [-0.2, 0) is 4.79 Å². The largest absolute Gasteiger partial charge is 0.394 e. The summed E-state index contributed by atoms with van der Waals surface area (Å²) < 4.78 is 0. The van der Waals surface area contributed by atoms with Crippen molar-refractivity contribution in [3.05, 3.63) is 0 Å². The Morgan fingerprint density at radius 2 is 2.25 bits per heavy atom. The minimum absolute atomic E-state index is 0.0447. The number of nitrogens with two attached hydrogens (primary N) is 1. The average Bonchev–Trinajstić information content (AvgIpc) is 2.11. The maximum absolute atomic E-state index is 11.0. The quantitative estimate of drug-likeness (QED) is 0.397. The molecule has 0 heterocycles. The van der Waals surface area contributed by atoms with Crippen molar-refractivity contribution < 1.29 is 15.0 Å². The van der Waals surface area contributed by atoms with E-state index in [0.29, 0.717) is 6.42 Å². The molecule has 0 rings (SSSR count). The smallest absolute Gasteiger partial charge is 0.236 e. The molecule has 0 fully saturated rings. The zero-order valence-electron chi connectivity index (χ0n) is 7.16. The van der Waals surface area contributed by atoms with Crippen molar-refractivity contribution in [2.24, 2.45) is 5.73 Å². The number of nitrogens with one attached hydrogen (secondary N) is 1. The number of rotatable bonds is 5. The van der Waals surface area contributed by atoms with Gasteiger partial charge in [-0.1, -0.05) is 6.92 Å². The van der Waals surface area contributed by atoms with E-state index in [1.54, 1.807) is 6.92 Å². The monoisotopic (exact) mass is 176 g/mol. The molecule has 0 spiro atoms. The van der Waals surface area contributed by atoms with Crippen LogP contribution in [0.15, 0.2) is 0 Å². The predicted molar refractivity (Wildman–Crippen MR) is 44.4 cm³/mol. The van der Waals surface area contributed by atoms with Gasteiger partial charge < -0.3 is 21.3 Å². The fourth-order valence-electron chi connectivity index (χ4n) is 0.599. The molecule has 5 heteroatoms. The summed E-state index contributed by atoms with van der Waals surface area (Å²) in [6, 6.07) is -0.532. The normalized spacial score (nSPS) is 15.3. The maximum atomic E-state index is 11.0. The third kappa shape index (κ3) is 4.27. The molecule has 0 bridgehead atoms. The van der Waals surface area contributed by atoms with Gasteiger partial charge in [0, 0.05) is 6.54 Å². The van der Waals surface area contributed by atoms with E-state index < -0.39 is 12.1 Å². The van der Waals surface area contributed by atoms with Gasteiger partial charge in [0.1, 0.15) is 0 Å². The van der Waals surface area contributed by atoms with Gasteiger partial charge in [-0.3, -0.25) is 4.79 Å². The Kier molecular flexibility index (Phi) is 5.61. The van der Waals surface area contributed by atoms with Crippen molar-refractivity contribution in [1.82, 2.24) is 5.32 Å². The minimum Gasteiger partial charge on any atom is -0.394 e. The molecule has 0 radical (unpaired) electrons. The molecule has 2 atom stereocenters. The average molecular weight is 176 g/mol. The molecule has 0 aromatic heterocycles. The van der Waals surface area contributed by atoms with Gasteiger partial charge in [0.15, 0.2) is 0 Å². The highest BCUT2D eigenvalue weighted by Gasteiger charge is 2.11. The number of carbonyl (C=O) groups excluding carboxylic acids is 1. The summed E-state index contributed by atoms with van der Waals surface area (Å²) in [5.41, 5.74) is 5.39. The van der Waals surface area contributed by atoms with Crippen LogP contribution in [0.1, 0.15) is 13.3 Å². The Bertz CT molecular complexity index is 141. The Morgan fingerprint density at radius 3 is 2.67 bits per heavy atom. The summed E-state index contributed by atoms with van der Waals surface area (Å²) in [4.78, 5) is 11.0.